The van der Waals surface area contributed by atoms with Gasteiger partial charge in [0.25, 0.3) is 0 Å². The first-order valence-electron chi connectivity index (χ1n) is 23.9. The van der Waals surface area contributed by atoms with Crippen molar-refractivity contribution >= 4 is 54.6 Å². The van der Waals surface area contributed by atoms with Gasteiger partial charge in [0.15, 0.2) is 12.6 Å². The number of aliphatic carboxylic acids is 1. The molecular formula is C42H68NNa4O28S3-. The Morgan fingerprint density at radius 1 is 0.782 bits per heavy atom. The number of carboxylic acid groups (broad SMARTS) is 1. The first kappa shape index (κ1) is 81.4. The van der Waals surface area contributed by atoms with Crippen LogP contribution in [0.4, 0.5) is 0 Å². The number of aliphatic hydroxyl groups excluding tert-OH is 5. The third kappa shape index (κ3) is 30.1. The predicted octanol–water partition coefficient (Wildman–Crippen LogP) is -15.7. The molecule has 78 heavy (non-hydrogen) atoms. The first-order valence-corrected chi connectivity index (χ1v) is 27.9. The molecule has 36 heteroatoms. The van der Waals surface area contributed by atoms with Gasteiger partial charge >= 0.3 is 118 Å². The monoisotopic (exact) mass is 1220 g/mol. The number of ether oxygens (including phenoxy) is 6. The van der Waals surface area contributed by atoms with Crippen molar-refractivity contribution in [3.05, 3.63) is 6.42 Å². The second-order valence-corrected chi connectivity index (χ2v) is 21.4. The van der Waals surface area contributed by atoms with Crippen LogP contribution >= 0.6 is 0 Å². The molecule has 4 rings (SSSR count). The average Bonchev–Trinajstić information content (AvgIpc) is 3.29. The van der Waals surface area contributed by atoms with Crippen molar-refractivity contribution < 1.29 is 248 Å². The summed E-state index contributed by atoms with van der Waals surface area (Å²) in [5, 5.41) is 68.9. The predicted molar refractivity (Wildman–Crippen MR) is 239 cm³/mol. The maximum atomic E-state index is 13.9. The van der Waals surface area contributed by atoms with Crippen LogP contribution in [-0.2, 0) is 87.2 Å². The molecule has 0 bridgehead atoms. The normalized spacial score (nSPS) is 30.4. The van der Waals surface area contributed by atoms with Crippen LogP contribution in [0.5, 0.6) is 0 Å². The molecule has 16 atom stereocenters. The van der Waals surface area contributed by atoms with Crippen LogP contribution < -0.4 is 129 Å². The molecule has 2 aliphatic carbocycles. The maximum Gasteiger partial charge on any atom is 1.00 e. The van der Waals surface area contributed by atoms with Crippen molar-refractivity contribution in [1.82, 2.24) is 5.32 Å². The minimum absolute atomic E-state index is 0. The number of amides is 1. The molecule has 0 spiro atoms. The van der Waals surface area contributed by atoms with Gasteiger partial charge in [0.2, 0.25) is 37.1 Å². The fourth-order valence-corrected chi connectivity index (χ4v) is 10.0. The van der Waals surface area contributed by atoms with Gasteiger partial charge in [0.05, 0.1) is 43.6 Å². The summed E-state index contributed by atoms with van der Waals surface area (Å²) in [5.41, 5.74) is 0. The number of ketones is 2. The number of carboxylic acids is 1. The van der Waals surface area contributed by atoms with E-state index in [9.17, 15) is 75.8 Å². The fraction of sp³-hybridized carbons (Fsp3) is 0.881. The molecule has 0 aromatic rings. The molecule has 2 aliphatic heterocycles. The summed E-state index contributed by atoms with van der Waals surface area (Å²) in [6, 6.07) is -1.40. The molecule has 4 aliphatic rings. The minimum Gasteiger partial charge on any atom is -0.726 e. The largest absolute Gasteiger partial charge is 1.00 e. The number of carbonyl (C=O) groups is 4. The van der Waals surface area contributed by atoms with Crippen LogP contribution in [0, 0.1) is 24.2 Å². The molecule has 0 radical (unpaired) electrons. The Morgan fingerprint density at radius 3 is 1.90 bits per heavy atom. The van der Waals surface area contributed by atoms with Crippen molar-refractivity contribution in [2.75, 3.05) is 26.4 Å². The summed E-state index contributed by atoms with van der Waals surface area (Å²) in [6.07, 6.45) is -13.6. The van der Waals surface area contributed by atoms with E-state index >= 15 is 0 Å². The summed E-state index contributed by atoms with van der Waals surface area (Å²) in [7, 11) is -15.6. The number of Topliss-reactive ketones (excluding diaryl/α,β-unsaturated/α-hetero) is 2. The molecule has 7 N–H and O–H groups in total. The third-order valence-corrected chi connectivity index (χ3v) is 13.7. The number of rotatable bonds is 28. The average molecular weight is 1220 g/mol. The van der Waals surface area contributed by atoms with Crippen molar-refractivity contribution in [2.24, 2.45) is 17.8 Å². The van der Waals surface area contributed by atoms with E-state index in [2.05, 4.69) is 13.7 Å². The third-order valence-electron chi connectivity index (χ3n) is 12.8. The molecule has 432 valence electrons. The fourth-order valence-electron chi connectivity index (χ4n) is 9.32. The molecule has 1 amide bonds. The summed E-state index contributed by atoms with van der Waals surface area (Å²) in [5.74, 6) is -4.39. The SMILES string of the molecule is CCC1CC(C(=O)CCCOCCCC(=O)[CH-][C@@H](COS(=O)(=O)[O-])OS(=O)(=O)[O-])C[C@@H](O[C@@H]2OC(CO)[C@H](O)C(O[C@@H](CC3CCCCC3)C(=O)[O-])C2NC(C)=O)[C@@H]1O[C@@H]1OC(C)[C@@H](O)C(O)[C@@H]1O.O=S(=O)([O-])O.[Na+].[Na+].[Na+].[Na+]. The van der Waals surface area contributed by atoms with Crippen LogP contribution in [0.2, 0.25) is 0 Å². The van der Waals surface area contributed by atoms with Crippen LogP contribution in [0.3, 0.4) is 0 Å². The van der Waals surface area contributed by atoms with E-state index in [4.69, 9.17) is 45.9 Å². The Balaban J connectivity index is 0. The number of nitrogens with one attached hydrogen (secondary N) is 1. The van der Waals surface area contributed by atoms with E-state index in [1.54, 1.807) is 0 Å². The number of hydrogen-bond donors (Lipinski definition) is 7. The zero-order valence-corrected chi connectivity index (χ0v) is 55.3. The van der Waals surface area contributed by atoms with Crippen molar-refractivity contribution in [3.63, 3.8) is 0 Å². The van der Waals surface area contributed by atoms with E-state index in [0.29, 0.717) is 12.8 Å². The van der Waals surface area contributed by atoms with Gasteiger partial charge in [-0.3, -0.25) is 24.7 Å². The molecular weight excluding hydrogens is 1150 g/mol. The molecule has 2 saturated heterocycles. The second-order valence-electron chi connectivity index (χ2n) is 18.5. The molecule has 0 aromatic carbocycles. The second kappa shape index (κ2) is 39.2. The van der Waals surface area contributed by atoms with Gasteiger partial charge in [-0.05, 0) is 63.4 Å². The van der Waals surface area contributed by atoms with E-state index in [-0.39, 0.29) is 188 Å². The van der Waals surface area contributed by atoms with Crippen LogP contribution in [-0.4, -0.2) is 205 Å². The molecule has 2 saturated carbocycles. The summed E-state index contributed by atoms with van der Waals surface area (Å²) in [6.45, 7) is 2.46. The maximum absolute atomic E-state index is 13.9. The summed E-state index contributed by atoms with van der Waals surface area (Å²) < 4.78 is 142. The Labute approximate surface area is 543 Å². The van der Waals surface area contributed by atoms with E-state index in [0.717, 1.165) is 32.1 Å². The first-order chi connectivity index (χ1) is 34.4. The van der Waals surface area contributed by atoms with Gasteiger partial charge in [0.1, 0.15) is 48.4 Å². The van der Waals surface area contributed by atoms with Gasteiger partial charge in [-0.15, -0.1) is 0 Å². The van der Waals surface area contributed by atoms with Gasteiger partial charge in [0, 0.05) is 38.3 Å². The van der Waals surface area contributed by atoms with E-state index < -0.39 is 160 Å². The van der Waals surface area contributed by atoms with Crippen molar-refractivity contribution in [1.29, 1.82) is 0 Å². The van der Waals surface area contributed by atoms with Crippen LogP contribution in [0.1, 0.15) is 104 Å². The van der Waals surface area contributed by atoms with Crippen molar-refractivity contribution in [3.8, 4) is 0 Å². The Morgan fingerprint density at radius 2 is 1.37 bits per heavy atom. The van der Waals surface area contributed by atoms with Gasteiger partial charge in [-0.1, -0.05) is 45.4 Å². The topological polar surface area (TPSA) is 470 Å². The van der Waals surface area contributed by atoms with E-state index in [1.807, 2.05) is 6.92 Å². The summed E-state index contributed by atoms with van der Waals surface area (Å²) >= 11 is 0. The molecule has 29 nitrogen and oxygen atoms in total. The Hall–Kier alpha value is 1.32. The van der Waals surface area contributed by atoms with E-state index in [1.165, 1.54) is 13.8 Å². The zero-order chi connectivity index (χ0) is 55.7. The number of carbonyl (C=O) groups excluding carboxylic acids is 4. The standard InChI is InChI=1S/C42H70NO24S2.4Na.H2O4S/c1-4-25-17-26(29(47)13-9-15-60-14-8-12-27(46)19-28(67-69(57,58)59)21-61-68(54,55)56)18-30(38(25)66-42-37(51)36(50)34(48)22(2)62-42)64-41-33(43-23(3)45)39(35(49)32(20-44)65-41)63-31(40(52)53)16-24-10-6-5-7-11-24;;;;;1-5(2,3)4/h19,22,24-26,28,30-39,41-42,44,48-51H,4-18,20-21H2,1-3H3,(H,43,45)(H,52,53)(H,54,55,56)(H,57,58,59);;;;;(H2,1,2,3,4)/q-1;4*+1;/p-4/t22?,25?,26?,28-,30+,31-,32?,33?,34+,35-,36?,37-,38+,39?,41+,42-;;;;;/m0...../s1. The number of hydrogen-bond acceptors (Lipinski definition) is 27. The van der Waals surface area contributed by atoms with Gasteiger partial charge in [-0.25, -0.2) is 25.3 Å². The van der Waals surface area contributed by atoms with Crippen LogP contribution in [0.15, 0.2) is 0 Å². The molecule has 7 unspecified atom stereocenters. The molecule has 2 heterocycles. The van der Waals surface area contributed by atoms with Gasteiger partial charge in [-0.2, -0.15) is 0 Å². The smallest absolute Gasteiger partial charge is 0.726 e. The quantitative estimate of drug-likeness (QED) is 0.0126. The minimum atomic E-state index is -5.41. The summed E-state index contributed by atoms with van der Waals surface area (Å²) in [4.78, 5) is 51.5. The number of aliphatic hydroxyl groups is 5. The zero-order valence-electron chi connectivity index (χ0n) is 44.8. The molecule has 4 fully saturated rings. The molecule has 0 aromatic heterocycles. The van der Waals surface area contributed by atoms with Crippen LogP contribution in [0.25, 0.3) is 0 Å². The van der Waals surface area contributed by atoms with Crippen molar-refractivity contribution in [2.45, 2.75) is 190 Å². The Bertz CT molecular complexity index is 2130. The van der Waals surface area contributed by atoms with Gasteiger partial charge < -0.3 is 91.8 Å². The Kier molecular flexibility index (Phi) is 40.9.